The maximum absolute atomic E-state index is 12.3. The molecule has 1 aliphatic rings. The van der Waals surface area contributed by atoms with Gasteiger partial charge in [0.2, 0.25) is 0 Å². The van der Waals surface area contributed by atoms with E-state index in [1.165, 1.54) is 23.9 Å². The number of ether oxygens (including phenoxy) is 1. The molecule has 0 radical (unpaired) electrons. The second-order valence-corrected chi connectivity index (χ2v) is 5.93. The highest BCUT2D eigenvalue weighted by Crippen LogP contribution is 2.24. The van der Waals surface area contributed by atoms with Gasteiger partial charge in [-0.1, -0.05) is 0 Å². The molecule has 0 bridgehead atoms. The minimum Gasteiger partial charge on any atom is -0.468 e. The fourth-order valence-electron chi connectivity index (χ4n) is 2.07. The molecule has 8 heteroatoms. The molecule has 0 aliphatic carbocycles. The van der Waals surface area contributed by atoms with E-state index in [4.69, 9.17) is 0 Å². The minimum atomic E-state index is -3.71. The standard InChI is InChI=1S/C10H15N3O4S/c1-17-10(14)8-4-2-3-5-13(8)18(15,16)9-6-11-7-12-9/h6-8H,2-5H2,1H3,(H,11,12). The Kier molecular flexibility index (Phi) is 3.67. The van der Waals surface area contributed by atoms with E-state index in [9.17, 15) is 13.2 Å². The van der Waals surface area contributed by atoms with Gasteiger partial charge in [0.25, 0.3) is 10.0 Å². The molecule has 1 aliphatic heterocycles. The molecule has 1 aromatic rings. The van der Waals surface area contributed by atoms with Crippen LogP contribution in [0.3, 0.4) is 0 Å². The molecule has 1 saturated heterocycles. The number of piperidine rings is 1. The van der Waals surface area contributed by atoms with Gasteiger partial charge in [0, 0.05) is 6.54 Å². The third-order valence-corrected chi connectivity index (χ3v) is 4.82. The number of methoxy groups -OCH3 is 1. The number of carbonyl (C=O) groups is 1. The van der Waals surface area contributed by atoms with Crippen molar-refractivity contribution in [3.63, 3.8) is 0 Å². The van der Waals surface area contributed by atoms with Crippen molar-refractivity contribution in [3.05, 3.63) is 12.5 Å². The molecule has 1 aromatic heterocycles. The van der Waals surface area contributed by atoms with Crippen LogP contribution < -0.4 is 0 Å². The van der Waals surface area contributed by atoms with Crippen LogP contribution in [0, 0.1) is 0 Å². The number of nitrogens with zero attached hydrogens (tertiary/aromatic N) is 2. The van der Waals surface area contributed by atoms with Crippen LogP contribution >= 0.6 is 0 Å². The molecule has 1 fully saturated rings. The van der Waals surface area contributed by atoms with Gasteiger partial charge in [-0.2, -0.15) is 4.31 Å². The zero-order valence-electron chi connectivity index (χ0n) is 10.00. The number of esters is 1. The van der Waals surface area contributed by atoms with E-state index >= 15 is 0 Å². The van der Waals surface area contributed by atoms with Gasteiger partial charge in [-0.25, -0.2) is 13.4 Å². The van der Waals surface area contributed by atoms with Gasteiger partial charge >= 0.3 is 5.97 Å². The average Bonchev–Trinajstić information content (AvgIpc) is 2.92. The van der Waals surface area contributed by atoms with Gasteiger partial charge in [-0.05, 0) is 19.3 Å². The van der Waals surface area contributed by atoms with E-state index in [0.29, 0.717) is 13.0 Å². The predicted octanol–water partition coefficient (Wildman–Crippen LogP) is 0.126. The third-order valence-electron chi connectivity index (χ3n) is 2.99. The Labute approximate surface area is 105 Å². The lowest BCUT2D eigenvalue weighted by Crippen LogP contribution is -2.48. The van der Waals surface area contributed by atoms with Crippen molar-refractivity contribution in [3.8, 4) is 0 Å². The fraction of sp³-hybridized carbons (Fsp3) is 0.600. The summed E-state index contributed by atoms with van der Waals surface area (Å²) in [5, 5.41) is -0.00157. The second-order valence-electron chi connectivity index (χ2n) is 4.07. The van der Waals surface area contributed by atoms with E-state index in [-0.39, 0.29) is 5.03 Å². The van der Waals surface area contributed by atoms with Crippen LogP contribution in [0.25, 0.3) is 0 Å². The number of sulfonamides is 1. The number of hydrogen-bond acceptors (Lipinski definition) is 5. The first-order valence-corrected chi connectivity index (χ1v) is 7.09. The quantitative estimate of drug-likeness (QED) is 0.790. The topological polar surface area (TPSA) is 92.4 Å². The summed E-state index contributed by atoms with van der Waals surface area (Å²) in [5.74, 6) is -0.516. The number of aromatic amines is 1. The lowest BCUT2D eigenvalue weighted by Gasteiger charge is -2.32. The summed E-state index contributed by atoms with van der Waals surface area (Å²) in [6.45, 7) is 0.321. The van der Waals surface area contributed by atoms with Crippen LogP contribution in [-0.2, 0) is 19.6 Å². The van der Waals surface area contributed by atoms with E-state index in [1.54, 1.807) is 0 Å². The van der Waals surface area contributed by atoms with E-state index in [0.717, 1.165) is 12.8 Å². The second kappa shape index (κ2) is 5.07. The summed E-state index contributed by atoms with van der Waals surface area (Å²) in [6.07, 6.45) is 4.57. The molecule has 0 aromatic carbocycles. The molecule has 0 saturated carbocycles. The molecule has 0 amide bonds. The van der Waals surface area contributed by atoms with E-state index < -0.39 is 22.0 Å². The van der Waals surface area contributed by atoms with Crippen LogP contribution in [-0.4, -0.2) is 48.4 Å². The van der Waals surface area contributed by atoms with E-state index in [2.05, 4.69) is 14.7 Å². The number of carbonyl (C=O) groups excluding carboxylic acids is 1. The molecular weight excluding hydrogens is 258 g/mol. The van der Waals surface area contributed by atoms with Crippen molar-refractivity contribution >= 4 is 16.0 Å². The first kappa shape index (κ1) is 13.0. The summed E-state index contributed by atoms with van der Waals surface area (Å²) >= 11 is 0. The maximum atomic E-state index is 12.3. The molecule has 1 unspecified atom stereocenters. The molecule has 7 nitrogen and oxygen atoms in total. The molecule has 18 heavy (non-hydrogen) atoms. The highest BCUT2D eigenvalue weighted by molar-refractivity contribution is 7.89. The number of rotatable bonds is 3. The van der Waals surface area contributed by atoms with E-state index in [1.807, 2.05) is 0 Å². The number of imidazole rings is 1. The summed E-state index contributed by atoms with van der Waals surface area (Å²) < 4.78 is 30.5. The van der Waals surface area contributed by atoms with Gasteiger partial charge < -0.3 is 9.72 Å². The zero-order valence-corrected chi connectivity index (χ0v) is 10.8. The summed E-state index contributed by atoms with van der Waals surface area (Å²) in [5.41, 5.74) is 0. The van der Waals surface area contributed by atoms with Crippen LogP contribution in [0.1, 0.15) is 19.3 Å². The van der Waals surface area contributed by atoms with Crippen LogP contribution in [0.2, 0.25) is 0 Å². The zero-order chi connectivity index (χ0) is 13.2. The predicted molar refractivity (Wildman–Crippen MR) is 62.1 cm³/mol. The lowest BCUT2D eigenvalue weighted by molar-refractivity contribution is -0.146. The number of H-pyrrole nitrogens is 1. The van der Waals surface area contributed by atoms with Crippen molar-refractivity contribution < 1.29 is 17.9 Å². The fourth-order valence-corrected chi connectivity index (χ4v) is 3.62. The summed E-state index contributed by atoms with van der Waals surface area (Å²) in [4.78, 5) is 17.9. The minimum absolute atomic E-state index is 0.00157. The largest absolute Gasteiger partial charge is 0.468 e. The molecule has 0 spiro atoms. The Morgan fingerprint density at radius 3 is 2.94 bits per heavy atom. The van der Waals surface area contributed by atoms with Crippen molar-refractivity contribution in [2.24, 2.45) is 0 Å². The highest BCUT2D eigenvalue weighted by atomic mass is 32.2. The van der Waals surface area contributed by atoms with Crippen molar-refractivity contribution in [1.29, 1.82) is 0 Å². The molecule has 1 N–H and O–H groups in total. The van der Waals surface area contributed by atoms with Gasteiger partial charge in [0.05, 0.1) is 19.6 Å². The molecule has 2 heterocycles. The van der Waals surface area contributed by atoms with Crippen molar-refractivity contribution in [2.45, 2.75) is 30.3 Å². The Morgan fingerprint density at radius 1 is 1.56 bits per heavy atom. The molecule has 100 valence electrons. The Balaban J connectivity index is 2.32. The smallest absolute Gasteiger partial charge is 0.324 e. The summed E-state index contributed by atoms with van der Waals surface area (Å²) in [6, 6.07) is -0.739. The van der Waals surface area contributed by atoms with Gasteiger partial charge in [-0.15, -0.1) is 0 Å². The van der Waals surface area contributed by atoms with Crippen LogP contribution in [0.5, 0.6) is 0 Å². The lowest BCUT2D eigenvalue weighted by atomic mass is 10.1. The van der Waals surface area contributed by atoms with Crippen molar-refractivity contribution in [2.75, 3.05) is 13.7 Å². The molecule has 2 rings (SSSR count). The monoisotopic (exact) mass is 273 g/mol. The van der Waals surface area contributed by atoms with Crippen LogP contribution in [0.4, 0.5) is 0 Å². The molecular formula is C10H15N3O4S. The Morgan fingerprint density at radius 2 is 2.33 bits per heavy atom. The van der Waals surface area contributed by atoms with Gasteiger partial charge in [-0.3, -0.25) is 4.79 Å². The molecule has 1 atom stereocenters. The average molecular weight is 273 g/mol. The first-order valence-electron chi connectivity index (χ1n) is 5.65. The maximum Gasteiger partial charge on any atom is 0.324 e. The number of aromatic nitrogens is 2. The number of hydrogen-bond donors (Lipinski definition) is 1. The van der Waals surface area contributed by atoms with Gasteiger partial charge in [0.15, 0.2) is 5.03 Å². The Hall–Kier alpha value is -1.41. The SMILES string of the molecule is COC(=O)C1CCCCN1S(=O)(=O)c1cnc[nH]1. The first-order chi connectivity index (χ1) is 8.57. The number of nitrogens with one attached hydrogen (secondary N) is 1. The normalized spacial score (nSPS) is 21.7. The van der Waals surface area contributed by atoms with Crippen molar-refractivity contribution in [1.82, 2.24) is 14.3 Å². The highest BCUT2D eigenvalue weighted by Gasteiger charge is 2.38. The summed E-state index contributed by atoms with van der Waals surface area (Å²) in [7, 11) is -2.45. The third kappa shape index (κ3) is 2.25. The van der Waals surface area contributed by atoms with Crippen LogP contribution in [0.15, 0.2) is 17.6 Å². The Bertz CT molecular complexity index is 511. The van der Waals surface area contributed by atoms with Gasteiger partial charge in [0.1, 0.15) is 6.04 Å².